The molecule has 3 atom stereocenters. The molecule has 0 spiro atoms. The first-order valence-corrected chi connectivity index (χ1v) is 12.2. The van der Waals surface area contributed by atoms with Gasteiger partial charge >= 0.3 is 12.1 Å². The van der Waals surface area contributed by atoms with Crippen molar-refractivity contribution in [2.24, 2.45) is 11.8 Å². The second-order valence-electron chi connectivity index (χ2n) is 9.28. The topological polar surface area (TPSA) is 105 Å². The number of amides is 2. The fourth-order valence-corrected chi connectivity index (χ4v) is 5.33. The number of carboxylic acids is 1. The van der Waals surface area contributed by atoms with Gasteiger partial charge in [-0.25, -0.2) is 9.59 Å². The third-order valence-corrected chi connectivity index (χ3v) is 7.12. The molecule has 2 aliphatic rings. The van der Waals surface area contributed by atoms with E-state index < -0.39 is 18.1 Å². The highest BCUT2D eigenvalue weighted by atomic mass is 16.5. The largest absolute Gasteiger partial charge is 0.480 e. The molecule has 1 unspecified atom stereocenters. The maximum absolute atomic E-state index is 12.8. The first-order valence-electron chi connectivity index (χ1n) is 12.2. The highest BCUT2D eigenvalue weighted by molar-refractivity contribution is 5.85. The molecule has 2 aromatic carbocycles. The number of carbonyl (C=O) groups is 3. The number of carbonyl (C=O) groups excluding carboxylic acids is 2. The number of rotatable bonds is 9. The van der Waals surface area contributed by atoms with Gasteiger partial charge in [0.1, 0.15) is 12.6 Å². The first kappa shape index (κ1) is 24.5. The quantitative estimate of drug-likeness (QED) is 0.463. The number of benzene rings is 2. The van der Waals surface area contributed by atoms with Crippen LogP contribution in [0, 0.1) is 11.8 Å². The molecule has 7 nitrogen and oxygen atoms in total. The Balaban J connectivity index is 1.33. The maximum Gasteiger partial charge on any atom is 0.407 e. The van der Waals surface area contributed by atoms with E-state index in [1.807, 2.05) is 24.3 Å². The number of hydrogen-bond donors (Lipinski definition) is 3. The van der Waals surface area contributed by atoms with Gasteiger partial charge in [-0.05, 0) is 47.4 Å². The van der Waals surface area contributed by atoms with E-state index in [1.165, 1.54) is 17.2 Å². The molecule has 0 aliphatic heterocycles. The van der Waals surface area contributed by atoms with Crippen molar-refractivity contribution in [3.8, 4) is 11.1 Å². The Bertz CT molecular complexity index is 1050. The fraction of sp³-hybridized carbons (Fsp3) is 0.393. The first-order chi connectivity index (χ1) is 17.0. The summed E-state index contributed by atoms with van der Waals surface area (Å²) in [5.74, 6) is -1.79. The number of aliphatic carboxylic acids is 1. The minimum absolute atomic E-state index is 0.0147. The van der Waals surface area contributed by atoms with Gasteiger partial charge in [-0.15, -0.1) is 6.58 Å². The van der Waals surface area contributed by atoms with Crippen LogP contribution >= 0.6 is 0 Å². The van der Waals surface area contributed by atoms with E-state index in [4.69, 9.17) is 4.74 Å². The van der Waals surface area contributed by atoms with E-state index in [0.29, 0.717) is 13.0 Å². The Morgan fingerprint density at radius 2 is 1.66 bits per heavy atom. The molecule has 184 valence electrons. The van der Waals surface area contributed by atoms with Gasteiger partial charge in [0.05, 0.1) is 0 Å². The third kappa shape index (κ3) is 5.56. The lowest BCUT2D eigenvalue weighted by molar-refractivity contribution is -0.143. The van der Waals surface area contributed by atoms with Gasteiger partial charge in [-0.1, -0.05) is 67.4 Å². The molecular weight excluding hydrogens is 444 g/mol. The molecule has 0 bridgehead atoms. The van der Waals surface area contributed by atoms with Gasteiger partial charge in [0.2, 0.25) is 5.91 Å². The van der Waals surface area contributed by atoms with Crippen LogP contribution in [-0.4, -0.2) is 42.3 Å². The van der Waals surface area contributed by atoms with Crippen molar-refractivity contribution in [3.63, 3.8) is 0 Å². The van der Waals surface area contributed by atoms with Crippen LogP contribution < -0.4 is 10.6 Å². The van der Waals surface area contributed by atoms with Gasteiger partial charge < -0.3 is 20.5 Å². The standard InChI is InChI=1S/C28H32N2O5/c1-2-9-25(27(32)33)30-26(31)19-11-4-3-10-18(19)16-29-28(34)35-17-24-22-14-7-5-12-20(22)21-13-6-8-15-23(21)24/h2,5-8,12-15,18-19,24-25H,1,3-4,9-11,16-17H2,(H,29,34)(H,30,31)(H,32,33)/t18-,19-,25?/m0/s1. The van der Waals surface area contributed by atoms with Crippen LogP contribution in [0.25, 0.3) is 11.1 Å². The van der Waals surface area contributed by atoms with Crippen molar-refractivity contribution in [3.05, 3.63) is 72.3 Å². The highest BCUT2D eigenvalue weighted by Crippen LogP contribution is 2.44. The number of ether oxygens (including phenoxy) is 1. The smallest absolute Gasteiger partial charge is 0.407 e. The molecule has 4 rings (SSSR count). The van der Waals surface area contributed by atoms with Crippen LogP contribution in [0.5, 0.6) is 0 Å². The molecule has 2 aromatic rings. The van der Waals surface area contributed by atoms with Crippen LogP contribution in [0.15, 0.2) is 61.2 Å². The molecule has 0 heterocycles. The lowest BCUT2D eigenvalue weighted by Gasteiger charge is -2.31. The summed E-state index contributed by atoms with van der Waals surface area (Å²) in [5.41, 5.74) is 4.64. The van der Waals surface area contributed by atoms with Crippen LogP contribution in [0.4, 0.5) is 4.79 Å². The molecule has 35 heavy (non-hydrogen) atoms. The van der Waals surface area contributed by atoms with Crippen LogP contribution in [0.1, 0.15) is 49.1 Å². The molecule has 0 aromatic heterocycles. The summed E-state index contributed by atoms with van der Waals surface area (Å²) in [6, 6.07) is 15.4. The molecule has 2 amide bonds. The summed E-state index contributed by atoms with van der Waals surface area (Å²) < 4.78 is 5.62. The fourth-order valence-electron chi connectivity index (χ4n) is 5.33. The summed E-state index contributed by atoms with van der Waals surface area (Å²) in [6.45, 7) is 4.11. The van der Waals surface area contributed by atoms with E-state index >= 15 is 0 Å². The summed E-state index contributed by atoms with van der Waals surface area (Å²) >= 11 is 0. The van der Waals surface area contributed by atoms with Crippen molar-refractivity contribution >= 4 is 18.0 Å². The van der Waals surface area contributed by atoms with E-state index in [-0.39, 0.29) is 36.7 Å². The maximum atomic E-state index is 12.8. The van der Waals surface area contributed by atoms with Crippen molar-refractivity contribution < 1.29 is 24.2 Å². The van der Waals surface area contributed by atoms with E-state index in [1.54, 1.807) is 0 Å². The minimum Gasteiger partial charge on any atom is -0.480 e. The van der Waals surface area contributed by atoms with Gasteiger partial charge in [0.25, 0.3) is 0 Å². The van der Waals surface area contributed by atoms with Crippen LogP contribution in [0.2, 0.25) is 0 Å². The second kappa shape index (κ2) is 11.2. The highest BCUT2D eigenvalue weighted by Gasteiger charge is 2.34. The summed E-state index contributed by atoms with van der Waals surface area (Å²) in [7, 11) is 0. The van der Waals surface area contributed by atoms with Gasteiger partial charge in [0.15, 0.2) is 0 Å². The molecule has 0 radical (unpaired) electrons. The molecule has 0 saturated heterocycles. The van der Waals surface area contributed by atoms with Gasteiger partial charge in [-0.2, -0.15) is 0 Å². The summed E-state index contributed by atoms with van der Waals surface area (Å²) in [6.07, 6.45) is 4.47. The molecular formula is C28H32N2O5. The lowest BCUT2D eigenvalue weighted by atomic mass is 9.78. The normalized spacial score (nSPS) is 19.7. The van der Waals surface area contributed by atoms with Crippen LogP contribution in [-0.2, 0) is 14.3 Å². The number of carboxylic acid groups (broad SMARTS) is 1. The van der Waals surface area contributed by atoms with Gasteiger partial charge in [-0.3, -0.25) is 4.79 Å². The predicted octanol–water partition coefficient (Wildman–Crippen LogP) is 4.48. The SMILES string of the molecule is C=CCC(NC(=O)[C@H]1CCCC[C@H]1CNC(=O)OCC1c2ccccc2-c2ccccc21)C(=O)O. The molecule has 1 saturated carbocycles. The van der Waals surface area contributed by atoms with Crippen molar-refractivity contribution in [1.82, 2.24) is 10.6 Å². The number of fused-ring (bicyclic) bond motifs is 3. The minimum atomic E-state index is -1.08. The van der Waals surface area contributed by atoms with Crippen molar-refractivity contribution in [2.75, 3.05) is 13.2 Å². The predicted molar refractivity (Wildman–Crippen MR) is 133 cm³/mol. The number of nitrogens with one attached hydrogen (secondary N) is 2. The van der Waals surface area contributed by atoms with E-state index in [9.17, 15) is 19.5 Å². The number of alkyl carbamates (subject to hydrolysis) is 1. The summed E-state index contributed by atoms with van der Waals surface area (Å²) in [5, 5.41) is 14.8. The lowest BCUT2D eigenvalue weighted by Crippen LogP contribution is -2.47. The van der Waals surface area contributed by atoms with E-state index in [2.05, 4.69) is 41.5 Å². The van der Waals surface area contributed by atoms with Crippen LogP contribution in [0.3, 0.4) is 0 Å². The summed E-state index contributed by atoms with van der Waals surface area (Å²) in [4.78, 5) is 36.8. The Labute approximate surface area is 205 Å². The Kier molecular flexibility index (Phi) is 7.85. The van der Waals surface area contributed by atoms with E-state index in [0.717, 1.165) is 30.4 Å². The zero-order valence-corrected chi connectivity index (χ0v) is 19.7. The Morgan fingerprint density at radius 3 is 2.29 bits per heavy atom. The van der Waals surface area contributed by atoms with Gasteiger partial charge in [0, 0.05) is 18.4 Å². The molecule has 7 heteroatoms. The number of hydrogen-bond acceptors (Lipinski definition) is 4. The average molecular weight is 477 g/mol. The monoisotopic (exact) mass is 476 g/mol. The zero-order valence-electron chi connectivity index (χ0n) is 19.7. The zero-order chi connectivity index (χ0) is 24.8. The van der Waals surface area contributed by atoms with Crippen molar-refractivity contribution in [1.29, 1.82) is 0 Å². The average Bonchev–Trinajstić information content (AvgIpc) is 3.19. The molecule has 1 fully saturated rings. The Hall–Kier alpha value is -3.61. The second-order valence-corrected chi connectivity index (χ2v) is 9.28. The Morgan fingerprint density at radius 1 is 1.03 bits per heavy atom. The van der Waals surface area contributed by atoms with Crippen molar-refractivity contribution in [2.45, 2.75) is 44.1 Å². The molecule has 2 aliphatic carbocycles. The third-order valence-electron chi connectivity index (χ3n) is 7.12. The molecule has 3 N–H and O–H groups in total.